The van der Waals surface area contributed by atoms with E-state index in [1.807, 2.05) is 0 Å². The van der Waals surface area contributed by atoms with Crippen molar-refractivity contribution in [1.82, 2.24) is 4.98 Å². The lowest BCUT2D eigenvalue weighted by atomic mass is 9.85. The Morgan fingerprint density at radius 2 is 2.16 bits per heavy atom. The summed E-state index contributed by atoms with van der Waals surface area (Å²) in [6.07, 6.45) is 6.15. The minimum absolute atomic E-state index is 0.401. The van der Waals surface area contributed by atoms with Gasteiger partial charge in [-0.1, -0.05) is 17.8 Å². The van der Waals surface area contributed by atoms with Crippen molar-refractivity contribution in [1.29, 1.82) is 0 Å². The average Bonchev–Trinajstić information content (AvgIpc) is 3.08. The second kappa shape index (κ2) is 5.12. The van der Waals surface area contributed by atoms with Crippen LogP contribution in [-0.2, 0) is 0 Å². The van der Waals surface area contributed by atoms with Gasteiger partial charge in [0.05, 0.1) is 5.69 Å². The van der Waals surface area contributed by atoms with Crippen LogP contribution in [0.1, 0.15) is 60.3 Å². The van der Waals surface area contributed by atoms with Crippen molar-refractivity contribution in [2.45, 2.75) is 44.9 Å². The van der Waals surface area contributed by atoms with Gasteiger partial charge >= 0.3 is 5.97 Å². The maximum Gasteiger partial charge on any atom is 0.347 e. The van der Waals surface area contributed by atoms with Crippen molar-refractivity contribution in [2.24, 2.45) is 5.92 Å². The van der Waals surface area contributed by atoms with Crippen LogP contribution in [0.25, 0.3) is 0 Å². The number of aromatic nitrogens is 1. The maximum atomic E-state index is 11.3. The lowest BCUT2D eigenvalue weighted by Gasteiger charge is -2.31. The van der Waals surface area contributed by atoms with Gasteiger partial charge in [0.25, 0.3) is 0 Å². The van der Waals surface area contributed by atoms with E-state index in [9.17, 15) is 9.90 Å². The molecule has 2 saturated carbocycles. The van der Waals surface area contributed by atoms with Gasteiger partial charge in [-0.3, -0.25) is 0 Å². The summed E-state index contributed by atoms with van der Waals surface area (Å²) >= 11 is 1.36. The first-order valence-electron chi connectivity index (χ1n) is 7.18. The molecule has 0 aromatic carbocycles. The van der Waals surface area contributed by atoms with Gasteiger partial charge in [0.15, 0.2) is 5.13 Å². The monoisotopic (exact) mass is 280 g/mol. The van der Waals surface area contributed by atoms with Crippen molar-refractivity contribution in [3.05, 3.63) is 10.6 Å². The van der Waals surface area contributed by atoms with Crippen LogP contribution in [0.5, 0.6) is 0 Å². The Labute approximate surface area is 117 Å². The van der Waals surface area contributed by atoms with Crippen LogP contribution in [-0.4, -0.2) is 29.1 Å². The highest BCUT2D eigenvalue weighted by Crippen LogP contribution is 2.44. The number of carbonyl (C=O) groups is 1. The lowest BCUT2D eigenvalue weighted by molar-refractivity contribution is 0.0700. The van der Waals surface area contributed by atoms with Crippen LogP contribution in [0, 0.1) is 5.92 Å². The molecule has 19 heavy (non-hydrogen) atoms. The molecule has 104 valence electrons. The Balaban J connectivity index is 1.81. The maximum absolute atomic E-state index is 11.3. The molecule has 1 aromatic rings. The van der Waals surface area contributed by atoms with Crippen molar-refractivity contribution in [2.75, 3.05) is 18.0 Å². The zero-order valence-electron chi connectivity index (χ0n) is 11.3. The number of nitrogens with zero attached hydrogens (tertiary/aromatic N) is 2. The number of rotatable bonds is 6. The summed E-state index contributed by atoms with van der Waals surface area (Å²) in [5, 5.41) is 10.2. The van der Waals surface area contributed by atoms with Gasteiger partial charge in [-0.25, -0.2) is 9.78 Å². The third-order valence-corrected chi connectivity index (χ3v) is 5.28. The summed E-state index contributed by atoms with van der Waals surface area (Å²) in [7, 11) is 0. The van der Waals surface area contributed by atoms with E-state index in [2.05, 4.69) is 16.8 Å². The van der Waals surface area contributed by atoms with E-state index >= 15 is 0 Å². The minimum atomic E-state index is -0.814. The van der Waals surface area contributed by atoms with Gasteiger partial charge < -0.3 is 10.0 Å². The zero-order valence-corrected chi connectivity index (χ0v) is 12.1. The van der Waals surface area contributed by atoms with E-state index in [1.54, 1.807) is 0 Å². The second-order valence-electron chi connectivity index (χ2n) is 5.63. The predicted molar refractivity (Wildman–Crippen MR) is 76.3 cm³/mol. The first-order chi connectivity index (χ1) is 9.19. The molecule has 2 aliphatic carbocycles. The fraction of sp³-hybridized carbons (Fsp3) is 0.714. The van der Waals surface area contributed by atoms with Gasteiger partial charge in [-0.15, -0.1) is 0 Å². The molecule has 1 aromatic heterocycles. The third kappa shape index (κ3) is 2.61. The van der Waals surface area contributed by atoms with E-state index in [1.165, 1.54) is 30.6 Å². The average molecular weight is 280 g/mol. The fourth-order valence-electron chi connectivity index (χ4n) is 2.57. The number of thiazole rings is 1. The fourth-order valence-corrected chi connectivity index (χ4v) is 3.64. The quantitative estimate of drug-likeness (QED) is 0.868. The predicted octanol–water partition coefficient (Wildman–Crippen LogP) is 3.35. The van der Waals surface area contributed by atoms with Crippen molar-refractivity contribution < 1.29 is 9.90 Å². The van der Waals surface area contributed by atoms with Gasteiger partial charge in [-0.05, 0) is 38.5 Å². The largest absolute Gasteiger partial charge is 0.477 e. The summed E-state index contributed by atoms with van der Waals surface area (Å²) in [6, 6.07) is 0. The van der Waals surface area contributed by atoms with Crippen LogP contribution >= 0.6 is 11.3 Å². The summed E-state index contributed by atoms with van der Waals surface area (Å²) in [4.78, 5) is 18.7. The highest BCUT2D eigenvalue weighted by atomic mass is 32.1. The molecule has 2 aliphatic rings. The van der Waals surface area contributed by atoms with Gasteiger partial charge in [0, 0.05) is 19.0 Å². The molecule has 0 saturated heterocycles. The summed E-state index contributed by atoms with van der Waals surface area (Å²) < 4.78 is 0. The Morgan fingerprint density at radius 1 is 1.42 bits per heavy atom. The molecule has 0 aliphatic heterocycles. The zero-order chi connectivity index (χ0) is 13.4. The number of carboxylic acid groups (broad SMARTS) is 1. The van der Waals surface area contributed by atoms with Gasteiger partial charge in [0.2, 0.25) is 0 Å². The lowest BCUT2D eigenvalue weighted by Crippen LogP contribution is -2.32. The smallest absolute Gasteiger partial charge is 0.347 e. The third-order valence-electron chi connectivity index (χ3n) is 4.16. The SMILES string of the molecule is CCN(CC1CCC1)c1nc(C2CC2)c(C(=O)O)s1. The van der Waals surface area contributed by atoms with E-state index in [-0.39, 0.29) is 0 Å². The Kier molecular flexibility index (Phi) is 3.48. The molecule has 5 heteroatoms. The number of aromatic carboxylic acids is 1. The molecule has 1 heterocycles. The molecular formula is C14H20N2O2S. The molecule has 2 fully saturated rings. The number of carboxylic acids is 1. The van der Waals surface area contributed by atoms with Crippen LogP contribution in [0.15, 0.2) is 0 Å². The van der Waals surface area contributed by atoms with E-state index in [4.69, 9.17) is 0 Å². The van der Waals surface area contributed by atoms with Gasteiger partial charge in [0.1, 0.15) is 4.88 Å². The Hall–Kier alpha value is -1.10. The second-order valence-corrected chi connectivity index (χ2v) is 6.60. The number of hydrogen-bond acceptors (Lipinski definition) is 4. The highest BCUT2D eigenvalue weighted by molar-refractivity contribution is 7.17. The molecular weight excluding hydrogens is 260 g/mol. The molecule has 1 N–H and O–H groups in total. The van der Waals surface area contributed by atoms with Crippen LogP contribution in [0.3, 0.4) is 0 Å². The first-order valence-corrected chi connectivity index (χ1v) is 7.99. The summed E-state index contributed by atoms with van der Waals surface area (Å²) in [5.41, 5.74) is 0.833. The standard InChI is InChI=1S/C14H20N2O2S/c1-2-16(8-9-4-3-5-9)14-15-11(10-6-7-10)12(19-14)13(17)18/h9-10H,2-8H2,1H3,(H,17,18). The van der Waals surface area contributed by atoms with Crippen molar-refractivity contribution in [3.63, 3.8) is 0 Å². The van der Waals surface area contributed by atoms with E-state index < -0.39 is 5.97 Å². The molecule has 4 nitrogen and oxygen atoms in total. The summed E-state index contributed by atoms with van der Waals surface area (Å²) in [6.45, 7) is 4.07. The molecule has 0 amide bonds. The molecule has 3 rings (SSSR count). The van der Waals surface area contributed by atoms with E-state index in [0.29, 0.717) is 10.8 Å². The highest BCUT2D eigenvalue weighted by Gasteiger charge is 2.33. The minimum Gasteiger partial charge on any atom is -0.477 e. The van der Waals surface area contributed by atoms with Crippen LogP contribution in [0.2, 0.25) is 0 Å². The number of anilines is 1. The van der Waals surface area contributed by atoms with Crippen LogP contribution < -0.4 is 4.90 Å². The molecule has 0 bridgehead atoms. The van der Waals surface area contributed by atoms with Crippen molar-refractivity contribution >= 4 is 22.4 Å². The van der Waals surface area contributed by atoms with Gasteiger partial charge in [-0.2, -0.15) is 0 Å². The van der Waals surface area contributed by atoms with Crippen molar-refractivity contribution in [3.8, 4) is 0 Å². The molecule has 0 atom stereocenters. The normalized spacial score (nSPS) is 19.2. The van der Waals surface area contributed by atoms with E-state index in [0.717, 1.165) is 42.7 Å². The number of hydrogen-bond donors (Lipinski definition) is 1. The topological polar surface area (TPSA) is 53.4 Å². The Bertz CT molecular complexity index is 478. The molecule has 0 radical (unpaired) electrons. The molecule has 0 spiro atoms. The van der Waals surface area contributed by atoms with Crippen LogP contribution in [0.4, 0.5) is 5.13 Å². The Morgan fingerprint density at radius 3 is 2.63 bits per heavy atom. The molecule has 0 unspecified atom stereocenters. The summed E-state index contributed by atoms with van der Waals surface area (Å²) in [5.74, 6) is 0.366. The first kappa shape index (κ1) is 12.9.